The third-order valence-electron chi connectivity index (χ3n) is 2.80. The highest BCUT2D eigenvalue weighted by atomic mass is 15.3. The largest absolute Gasteiger partial charge is 0.361 e. The van der Waals surface area contributed by atoms with E-state index < -0.39 is 19.8 Å². The van der Waals surface area contributed by atoms with Gasteiger partial charge in [-0.2, -0.15) is 5.10 Å². The highest BCUT2D eigenvalue weighted by Crippen LogP contribution is 2.20. The number of likely N-dealkylation sites (N-methyl/N-ethyl adjacent to an activating group) is 1. The summed E-state index contributed by atoms with van der Waals surface area (Å²) in [5.74, 6) is 0. The molecular weight excluding hydrogens is 238 g/mol. The Morgan fingerprint density at radius 3 is 3.42 bits per heavy atom. The topological polar surface area (TPSA) is 58.5 Å². The van der Waals surface area contributed by atoms with E-state index in [-0.39, 0.29) is 10.9 Å². The molecule has 0 aliphatic carbocycles. The van der Waals surface area contributed by atoms with Crippen molar-refractivity contribution in [2.24, 2.45) is 0 Å². The number of nitrogens with zero attached hydrogens (tertiary/aromatic N) is 3. The van der Waals surface area contributed by atoms with Gasteiger partial charge in [0.1, 0.15) is 14.1 Å². The molecule has 0 unspecified atom stereocenters. The summed E-state index contributed by atoms with van der Waals surface area (Å²) < 4.78 is 63.5. The van der Waals surface area contributed by atoms with Gasteiger partial charge in [-0.25, -0.2) is 9.67 Å². The second-order valence-corrected chi connectivity index (χ2v) is 4.02. The van der Waals surface area contributed by atoms with Gasteiger partial charge in [0.2, 0.25) is 0 Å². The van der Waals surface area contributed by atoms with Crippen LogP contribution in [0.1, 0.15) is 20.7 Å². The quantitative estimate of drug-likeness (QED) is 0.734. The molecule has 19 heavy (non-hydrogen) atoms. The van der Waals surface area contributed by atoms with Crippen LogP contribution in [0.25, 0.3) is 10.9 Å². The zero-order valence-corrected chi connectivity index (χ0v) is 9.96. The lowest BCUT2D eigenvalue weighted by atomic mass is 10.1. The third kappa shape index (κ3) is 2.51. The van der Waals surface area contributed by atoms with Gasteiger partial charge in [-0.05, 0) is 43.1 Å². The van der Waals surface area contributed by atoms with E-state index in [9.17, 15) is 0 Å². The Kier molecular flexibility index (Phi) is 1.62. The van der Waals surface area contributed by atoms with E-state index >= 15 is 0 Å². The number of rotatable bonds is 5. The summed E-state index contributed by atoms with van der Waals surface area (Å²) in [6.07, 6.45) is 1.46. The Balaban J connectivity index is 2.04. The van der Waals surface area contributed by atoms with Crippen LogP contribution in [0.15, 0.2) is 37.1 Å². The predicted molar refractivity (Wildman–Crippen MR) is 75.1 cm³/mol. The molecule has 2 heterocycles. The molecule has 5 nitrogen and oxygen atoms in total. The third-order valence-corrected chi connectivity index (χ3v) is 2.80. The second-order valence-electron chi connectivity index (χ2n) is 4.02. The van der Waals surface area contributed by atoms with E-state index in [0.29, 0.717) is 17.4 Å². The van der Waals surface area contributed by atoms with Crippen LogP contribution >= 0.6 is 0 Å². The average Bonchev–Trinajstić information content (AvgIpc) is 3.22. The van der Waals surface area contributed by atoms with Crippen LogP contribution in [0.5, 0.6) is 0 Å². The lowest BCUT2D eigenvalue weighted by molar-refractivity contribution is 0.685. The number of nitrogens with one attached hydrogen (secondary N) is 2. The molecule has 0 amide bonds. The van der Waals surface area contributed by atoms with Gasteiger partial charge in [0.25, 0.3) is 0 Å². The number of hydrogen-bond acceptors (Lipinski definition) is 3. The van der Waals surface area contributed by atoms with Crippen LogP contribution in [0.4, 0.5) is 0 Å². The standard InChI is InChI=1S/C14H17N5/c1-15-5-4-12-7-17-14-3-2-11(6-13(12)14)8-19-10-16-9-18-19/h2-3,6-7,9-10,15,17H,4-5,8H2,1H3/i1D3,4D2,5D2/hD. The Morgan fingerprint density at radius 2 is 2.58 bits per heavy atom. The van der Waals surface area contributed by atoms with Crippen LogP contribution in [0.3, 0.4) is 0 Å². The Labute approximate surface area is 123 Å². The van der Waals surface area contributed by atoms with Crippen molar-refractivity contribution < 1.29 is 11.0 Å². The molecule has 5 heteroatoms. The summed E-state index contributed by atoms with van der Waals surface area (Å²) in [6, 6.07) is 5.22. The molecule has 0 aliphatic heterocycles. The van der Waals surface area contributed by atoms with Crippen molar-refractivity contribution in [2.45, 2.75) is 12.9 Å². The first-order chi connectivity index (χ1) is 12.4. The van der Waals surface area contributed by atoms with Crippen LogP contribution in [0.2, 0.25) is 1.41 Å². The minimum absolute atomic E-state index is 0.0653. The van der Waals surface area contributed by atoms with Gasteiger partial charge in [0.15, 0.2) is 0 Å². The number of benzene rings is 1. The molecule has 0 saturated carbocycles. The van der Waals surface area contributed by atoms with E-state index in [1.54, 1.807) is 16.8 Å². The Bertz CT molecular complexity index is 931. The van der Waals surface area contributed by atoms with Gasteiger partial charge in [-0.3, -0.25) is 0 Å². The molecule has 2 aromatic heterocycles. The molecule has 0 fully saturated rings. The van der Waals surface area contributed by atoms with E-state index in [1.807, 2.05) is 6.07 Å². The van der Waals surface area contributed by atoms with Crippen molar-refractivity contribution in [2.75, 3.05) is 13.5 Å². The van der Waals surface area contributed by atoms with E-state index in [2.05, 4.69) is 15.1 Å². The number of aromatic amines is 1. The first kappa shape index (κ1) is 5.88. The molecule has 0 atom stereocenters. The minimum atomic E-state index is -3.11. The molecular formula is C14H17N5. The molecule has 0 bridgehead atoms. The normalized spacial score (nSPS) is 19.8. The molecule has 3 rings (SSSR count). The zero-order chi connectivity index (χ0) is 20.0. The van der Waals surface area contributed by atoms with Gasteiger partial charge in [0, 0.05) is 26.7 Å². The van der Waals surface area contributed by atoms with Crippen molar-refractivity contribution in [1.82, 2.24) is 25.1 Å². The lowest BCUT2D eigenvalue weighted by Gasteiger charge is -2.03. The molecule has 3 aromatic rings. The van der Waals surface area contributed by atoms with Crippen molar-refractivity contribution >= 4 is 10.9 Å². The molecule has 0 aliphatic rings. The molecule has 0 saturated heterocycles. The maximum Gasteiger partial charge on any atom is 0.137 e. The van der Waals surface area contributed by atoms with Crippen molar-refractivity contribution in [1.29, 1.82) is 0 Å². The lowest BCUT2D eigenvalue weighted by Crippen LogP contribution is -2.09. The highest BCUT2D eigenvalue weighted by Gasteiger charge is 2.05. The smallest absolute Gasteiger partial charge is 0.137 e. The monoisotopic (exact) mass is 263 g/mol. The van der Waals surface area contributed by atoms with Gasteiger partial charge >= 0.3 is 0 Å². The zero-order valence-electron chi connectivity index (χ0n) is 18.0. The Morgan fingerprint density at radius 1 is 1.58 bits per heavy atom. The van der Waals surface area contributed by atoms with E-state index in [4.69, 9.17) is 11.0 Å². The van der Waals surface area contributed by atoms with Gasteiger partial charge in [-0.15, -0.1) is 0 Å². The predicted octanol–water partition coefficient (Wildman–Crippen LogP) is 1.57. The molecule has 2 N–H and O–H groups in total. The maximum atomic E-state index is 8.28. The highest BCUT2D eigenvalue weighted by molar-refractivity contribution is 5.83. The first-order valence-electron chi connectivity index (χ1n) is 9.61. The summed E-state index contributed by atoms with van der Waals surface area (Å²) in [7, 11) is 0. The SMILES string of the molecule is [2H]N(C([2H])([2H])[2H])C([2H])([2H])C([2H])([2H])c1c[nH]c2ccc(Cn3cncn3)cc12. The summed E-state index contributed by atoms with van der Waals surface area (Å²) in [4.78, 5) is 6.73. The number of hydrogen-bond donors (Lipinski definition) is 2. The molecule has 1 aromatic carbocycles. The average molecular weight is 263 g/mol. The van der Waals surface area contributed by atoms with Crippen molar-refractivity contribution in [3.8, 4) is 0 Å². The van der Waals surface area contributed by atoms with Gasteiger partial charge < -0.3 is 10.3 Å². The van der Waals surface area contributed by atoms with Crippen LogP contribution < -0.4 is 5.31 Å². The summed E-state index contributed by atoms with van der Waals surface area (Å²) in [5.41, 5.74) is 1.28. The van der Waals surface area contributed by atoms with Crippen molar-refractivity contribution in [3.05, 3.63) is 48.2 Å². The fourth-order valence-electron chi connectivity index (χ4n) is 1.96. The number of fused-ring (bicyclic) bond motifs is 1. The second kappa shape index (κ2) is 5.24. The van der Waals surface area contributed by atoms with Crippen LogP contribution in [-0.4, -0.2) is 33.2 Å². The molecule has 98 valence electrons. The van der Waals surface area contributed by atoms with E-state index in [0.717, 1.165) is 5.56 Å². The number of aromatic nitrogens is 4. The summed E-state index contributed by atoms with van der Waals surface area (Å²) >= 11 is 0. The van der Waals surface area contributed by atoms with Crippen molar-refractivity contribution in [3.63, 3.8) is 0 Å². The minimum Gasteiger partial charge on any atom is -0.361 e. The first-order valence-corrected chi connectivity index (χ1v) is 5.67. The number of aryl methyl sites for hydroxylation is 1. The molecule has 0 spiro atoms. The van der Waals surface area contributed by atoms with E-state index in [1.165, 1.54) is 18.9 Å². The Hall–Kier alpha value is -2.14. The fraction of sp³-hybridized carbons (Fsp3) is 0.286. The molecule has 0 radical (unpaired) electrons. The maximum absolute atomic E-state index is 8.28. The van der Waals surface area contributed by atoms with Gasteiger partial charge in [-0.1, -0.05) is 6.07 Å². The number of H-pyrrole nitrogens is 1. The van der Waals surface area contributed by atoms with Gasteiger partial charge in [0.05, 0.1) is 6.54 Å². The van der Waals surface area contributed by atoms with Crippen LogP contribution in [-0.2, 0) is 12.9 Å². The van der Waals surface area contributed by atoms with Crippen LogP contribution in [0, 0.1) is 0 Å². The fourth-order valence-corrected chi connectivity index (χ4v) is 1.96. The summed E-state index contributed by atoms with van der Waals surface area (Å²) in [6.45, 7) is -5.83. The summed E-state index contributed by atoms with van der Waals surface area (Å²) in [5, 5.41) is 4.11.